The minimum Gasteiger partial charge on any atom is -0.327 e. The zero-order valence-electron chi connectivity index (χ0n) is 15.1. The van der Waals surface area contributed by atoms with Gasteiger partial charge in [0.2, 0.25) is 0 Å². The molecule has 2 aliphatic rings. The van der Waals surface area contributed by atoms with Crippen molar-refractivity contribution >= 4 is 17.6 Å². The number of anilines is 1. The first-order chi connectivity index (χ1) is 12.5. The van der Waals surface area contributed by atoms with Gasteiger partial charge in [0, 0.05) is 12.7 Å². The summed E-state index contributed by atoms with van der Waals surface area (Å²) in [5.41, 5.74) is 5.43. The molecular formula is C21H21N3O2. The summed E-state index contributed by atoms with van der Waals surface area (Å²) in [4.78, 5) is 29.0. The molecule has 0 aromatic heterocycles. The molecule has 2 aliphatic heterocycles. The van der Waals surface area contributed by atoms with Gasteiger partial charge in [-0.05, 0) is 42.7 Å². The standard InChI is InChI=1S/C21H21N3O2/c1-13-9-14(2)11-16(10-13)24-12-17-18(20(24)25)19(22-21(26)23(17)3)15-7-5-4-6-8-15/h4-11,19H,12H2,1-3H3,(H,22,26)/t19-/m1/s1. The Hall–Kier alpha value is -3.08. The van der Waals surface area contributed by atoms with Gasteiger partial charge >= 0.3 is 6.03 Å². The normalized spacial score (nSPS) is 19.7. The Bertz CT molecular complexity index is 913. The van der Waals surface area contributed by atoms with E-state index in [4.69, 9.17) is 0 Å². The Labute approximate surface area is 152 Å². The summed E-state index contributed by atoms with van der Waals surface area (Å²) in [6.45, 7) is 4.45. The molecule has 5 heteroatoms. The third kappa shape index (κ3) is 2.56. The van der Waals surface area contributed by atoms with E-state index in [1.165, 1.54) is 0 Å². The van der Waals surface area contributed by atoms with Crippen molar-refractivity contribution in [1.82, 2.24) is 10.2 Å². The van der Waals surface area contributed by atoms with Gasteiger partial charge in [0.05, 0.1) is 23.9 Å². The molecule has 0 saturated heterocycles. The molecule has 4 rings (SSSR count). The number of aryl methyl sites for hydroxylation is 2. The van der Waals surface area contributed by atoms with E-state index in [-0.39, 0.29) is 11.9 Å². The third-order valence-electron chi connectivity index (χ3n) is 5.01. The van der Waals surface area contributed by atoms with Crippen molar-refractivity contribution in [2.75, 3.05) is 18.5 Å². The topological polar surface area (TPSA) is 52.7 Å². The molecule has 0 bridgehead atoms. The number of urea groups is 1. The Morgan fingerprint density at radius 3 is 2.31 bits per heavy atom. The summed E-state index contributed by atoms with van der Waals surface area (Å²) < 4.78 is 0. The van der Waals surface area contributed by atoms with Crippen LogP contribution in [0.25, 0.3) is 0 Å². The predicted octanol–water partition coefficient (Wildman–Crippen LogP) is 3.30. The molecule has 132 valence electrons. The number of hydrogen-bond acceptors (Lipinski definition) is 2. The molecule has 0 radical (unpaired) electrons. The van der Waals surface area contributed by atoms with Crippen LogP contribution in [0.3, 0.4) is 0 Å². The molecule has 0 fully saturated rings. The lowest BCUT2D eigenvalue weighted by molar-refractivity contribution is -0.114. The number of carbonyl (C=O) groups is 2. The van der Waals surface area contributed by atoms with Crippen LogP contribution in [0.5, 0.6) is 0 Å². The molecular weight excluding hydrogens is 326 g/mol. The second-order valence-electron chi connectivity index (χ2n) is 6.95. The maximum atomic E-state index is 13.3. The zero-order valence-corrected chi connectivity index (χ0v) is 15.1. The lowest BCUT2D eigenvalue weighted by Gasteiger charge is -2.31. The number of likely N-dealkylation sites (N-methyl/N-ethyl adjacent to an activating group) is 1. The van der Waals surface area contributed by atoms with Crippen LogP contribution >= 0.6 is 0 Å². The fourth-order valence-electron chi connectivity index (χ4n) is 3.78. The Morgan fingerprint density at radius 2 is 1.65 bits per heavy atom. The van der Waals surface area contributed by atoms with Crippen LogP contribution < -0.4 is 10.2 Å². The van der Waals surface area contributed by atoms with Crippen LogP contribution in [-0.4, -0.2) is 30.4 Å². The van der Waals surface area contributed by atoms with Crippen LogP contribution in [0.15, 0.2) is 59.8 Å². The van der Waals surface area contributed by atoms with Gasteiger partial charge in [-0.15, -0.1) is 0 Å². The number of benzene rings is 2. The Balaban J connectivity index is 1.78. The van der Waals surface area contributed by atoms with E-state index in [1.54, 1.807) is 16.8 Å². The summed E-state index contributed by atoms with van der Waals surface area (Å²) in [5, 5.41) is 2.96. The van der Waals surface area contributed by atoms with E-state index in [0.29, 0.717) is 12.1 Å². The third-order valence-corrected chi connectivity index (χ3v) is 5.01. The van der Waals surface area contributed by atoms with Gasteiger partial charge in [-0.1, -0.05) is 36.4 Å². The smallest absolute Gasteiger partial charge is 0.322 e. The van der Waals surface area contributed by atoms with Crippen molar-refractivity contribution in [1.29, 1.82) is 0 Å². The molecule has 0 spiro atoms. The van der Waals surface area contributed by atoms with E-state index in [1.807, 2.05) is 56.3 Å². The molecule has 26 heavy (non-hydrogen) atoms. The van der Waals surface area contributed by atoms with E-state index in [2.05, 4.69) is 11.4 Å². The monoisotopic (exact) mass is 347 g/mol. The van der Waals surface area contributed by atoms with E-state index >= 15 is 0 Å². The lowest BCUT2D eigenvalue weighted by Crippen LogP contribution is -2.45. The summed E-state index contributed by atoms with van der Waals surface area (Å²) in [6.07, 6.45) is 0. The number of nitrogens with one attached hydrogen (secondary N) is 1. The van der Waals surface area contributed by atoms with Gasteiger partial charge in [0.1, 0.15) is 0 Å². The van der Waals surface area contributed by atoms with Crippen molar-refractivity contribution in [3.63, 3.8) is 0 Å². The van der Waals surface area contributed by atoms with Crippen molar-refractivity contribution in [2.24, 2.45) is 0 Å². The number of amides is 3. The molecule has 5 nitrogen and oxygen atoms in total. The first kappa shape index (κ1) is 16.4. The Morgan fingerprint density at radius 1 is 1.00 bits per heavy atom. The van der Waals surface area contributed by atoms with Gasteiger partial charge < -0.3 is 10.2 Å². The molecule has 0 aliphatic carbocycles. The van der Waals surface area contributed by atoms with Crippen LogP contribution in [-0.2, 0) is 4.79 Å². The van der Waals surface area contributed by atoms with E-state index in [9.17, 15) is 9.59 Å². The zero-order chi connectivity index (χ0) is 18.4. The second kappa shape index (κ2) is 6.02. The summed E-state index contributed by atoms with van der Waals surface area (Å²) >= 11 is 0. The van der Waals surface area contributed by atoms with Crippen LogP contribution in [0, 0.1) is 13.8 Å². The van der Waals surface area contributed by atoms with Crippen LogP contribution in [0.1, 0.15) is 22.7 Å². The van der Waals surface area contributed by atoms with Crippen molar-refractivity contribution in [3.05, 3.63) is 76.5 Å². The fourth-order valence-corrected chi connectivity index (χ4v) is 3.78. The molecule has 0 unspecified atom stereocenters. The number of hydrogen-bond donors (Lipinski definition) is 1. The maximum absolute atomic E-state index is 13.3. The second-order valence-corrected chi connectivity index (χ2v) is 6.95. The van der Waals surface area contributed by atoms with E-state index in [0.717, 1.165) is 28.1 Å². The molecule has 2 heterocycles. The van der Waals surface area contributed by atoms with E-state index < -0.39 is 6.04 Å². The quantitative estimate of drug-likeness (QED) is 0.906. The number of carbonyl (C=O) groups excluding carboxylic acids is 2. The average molecular weight is 347 g/mol. The summed E-state index contributed by atoms with van der Waals surface area (Å²) in [5.74, 6) is -0.0503. The van der Waals surface area contributed by atoms with Crippen molar-refractivity contribution in [2.45, 2.75) is 19.9 Å². The van der Waals surface area contributed by atoms with Gasteiger partial charge in [0.15, 0.2) is 0 Å². The maximum Gasteiger partial charge on any atom is 0.322 e. The van der Waals surface area contributed by atoms with Gasteiger partial charge in [0.25, 0.3) is 5.91 Å². The molecule has 1 N–H and O–H groups in total. The van der Waals surface area contributed by atoms with Gasteiger partial charge in [-0.2, -0.15) is 0 Å². The number of nitrogens with zero attached hydrogens (tertiary/aromatic N) is 2. The first-order valence-corrected chi connectivity index (χ1v) is 8.68. The molecule has 2 aromatic carbocycles. The van der Waals surface area contributed by atoms with Gasteiger partial charge in [-0.25, -0.2) is 4.79 Å². The predicted molar refractivity (Wildman–Crippen MR) is 101 cm³/mol. The number of rotatable bonds is 2. The van der Waals surface area contributed by atoms with Crippen molar-refractivity contribution < 1.29 is 9.59 Å². The van der Waals surface area contributed by atoms with Crippen molar-refractivity contribution in [3.8, 4) is 0 Å². The minimum atomic E-state index is -0.418. The molecule has 2 aromatic rings. The lowest BCUT2D eigenvalue weighted by atomic mass is 9.96. The SMILES string of the molecule is Cc1cc(C)cc(N2CC3=C(C2=O)[C@@H](c2ccccc2)NC(=O)N3C)c1. The highest BCUT2D eigenvalue weighted by Gasteiger charge is 2.43. The van der Waals surface area contributed by atoms with Crippen LogP contribution in [0.4, 0.5) is 10.5 Å². The highest BCUT2D eigenvalue weighted by Crippen LogP contribution is 2.37. The van der Waals surface area contributed by atoms with Gasteiger partial charge in [-0.3, -0.25) is 9.69 Å². The minimum absolute atomic E-state index is 0.0503. The average Bonchev–Trinajstić information content (AvgIpc) is 2.96. The highest BCUT2D eigenvalue weighted by molar-refractivity contribution is 6.11. The molecule has 3 amide bonds. The largest absolute Gasteiger partial charge is 0.327 e. The Kier molecular flexibility index (Phi) is 3.80. The molecule has 0 saturated carbocycles. The van der Waals surface area contributed by atoms with Crippen LogP contribution in [0.2, 0.25) is 0 Å². The summed E-state index contributed by atoms with van der Waals surface area (Å²) in [7, 11) is 1.71. The highest BCUT2D eigenvalue weighted by atomic mass is 16.2. The fraction of sp³-hybridized carbons (Fsp3) is 0.238. The summed E-state index contributed by atoms with van der Waals surface area (Å²) in [6, 6.07) is 15.1. The first-order valence-electron chi connectivity index (χ1n) is 8.68. The molecule has 1 atom stereocenters.